The average molecular weight is 305 g/mol. The first-order valence-electron chi connectivity index (χ1n) is 6.70. The van der Waals surface area contributed by atoms with Crippen LogP contribution in [0.1, 0.15) is 11.1 Å². The van der Waals surface area contributed by atoms with Crippen LogP contribution in [0, 0.1) is 6.92 Å². The van der Waals surface area contributed by atoms with Gasteiger partial charge in [-0.2, -0.15) is 0 Å². The summed E-state index contributed by atoms with van der Waals surface area (Å²) in [6.45, 7) is 2.15. The molecule has 0 saturated heterocycles. The van der Waals surface area contributed by atoms with E-state index in [2.05, 4.69) is 35.1 Å². The maximum atomic E-state index is 5.11. The number of aromatic nitrogens is 2. The molecular weight excluding hydrogens is 284 g/mol. The van der Waals surface area contributed by atoms with Crippen molar-refractivity contribution in [2.24, 2.45) is 0 Å². The zero-order valence-corrected chi connectivity index (χ0v) is 16.6. The van der Waals surface area contributed by atoms with Gasteiger partial charge in [0, 0.05) is 14.6 Å². The molecule has 6 heteroatoms. The molecule has 0 atom stereocenters. The molecule has 0 N–H and O–H groups in total. The van der Waals surface area contributed by atoms with Gasteiger partial charge in [0.25, 0.3) is 0 Å². The quantitative estimate of drug-likeness (QED) is 0.698. The number of benzene rings is 1. The van der Waals surface area contributed by atoms with Crippen LogP contribution in [0.25, 0.3) is 11.4 Å². The minimum atomic E-state index is 0.189. The molecule has 0 bridgehead atoms. The summed E-state index contributed by atoms with van der Waals surface area (Å²) in [4.78, 5) is 8.84. The summed E-state index contributed by atoms with van der Waals surface area (Å²) in [6, 6.07) is 7.92. The van der Waals surface area contributed by atoms with E-state index in [9.17, 15) is 0 Å². The van der Waals surface area contributed by atoms with Gasteiger partial charge in [-0.1, -0.05) is 23.8 Å². The number of hydrogen-bond donors (Lipinski definition) is 0. The number of rotatable bonds is 5. The van der Waals surface area contributed by atoms with Crippen molar-refractivity contribution in [2.45, 2.75) is 13.0 Å². The standard InChI is InChI=1S/C13H20N2OSi3/c1-9-3-4-12(10(5-9)8-18-19-17)13-14-6-11(16-2)7-15-13/h3-7H,8,18-19H2,1-2,17H3. The SMILES string of the molecule is COc1cnc(-c2ccc(C)cc2C[SiH2][SiH2][SiH3])nc1. The largest absolute Gasteiger partial charge is 0.494 e. The summed E-state index contributed by atoms with van der Waals surface area (Å²) in [6.07, 6.45) is 3.48. The molecule has 100 valence electrons. The van der Waals surface area contributed by atoms with E-state index in [-0.39, 0.29) is 9.04 Å². The summed E-state index contributed by atoms with van der Waals surface area (Å²) >= 11 is 0. The Hall–Kier alpha value is -1.25. The highest BCUT2D eigenvalue weighted by molar-refractivity contribution is 7.23. The number of nitrogens with zero attached hydrogens (tertiary/aromatic N) is 2. The fraction of sp³-hybridized carbons (Fsp3) is 0.231. The van der Waals surface area contributed by atoms with Gasteiger partial charge < -0.3 is 4.74 Å². The molecule has 19 heavy (non-hydrogen) atoms. The van der Waals surface area contributed by atoms with Gasteiger partial charge in [-0.15, -0.1) is 0 Å². The van der Waals surface area contributed by atoms with E-state index >= 15 is 0 Å². The van der Waals surface area contributed by atoms with Crippen LogP contribution in [0.2, 0.25) is 0 Å². The second kappa shape index (κ2) is 6.78. The van der Waals surface area contributed by atoms with Crippen molar-refractivity contribution in [1.82, 2.24) is 9.97 Å². The number of methoxy groups -OCH3 is 1. The fourth-order valence-corrected chi connectivity index (χ4v) is 8.61. The minimum absolute atomic E-state index is 0.189. The van der Waals surface area contributed by atoms with Gasteiger partial charge >= 0.3 is 0 Å². The van der Waals surface area contributed by atoms with Gasteiger partial charge in [0.15, 0.2) is 11.6 Å². The highest BCUT2D eigenvalue weighted by Crippen LogP contribution is 2.22. The van der Waals surface area contributed by atoms with Crippen LogP contribution in [0.15, 0.2) is 30.6 Å². The van der Waals surface area contributed by atoms with E-state index in [4.69, 9.17) is 4.74 Å². The van der Waals surface area contributed by atoms with E-state index in [1.807, 2.05) is 0 Å². The lowest BCUT2D eigenvalue weighted by atomic mass is 10.1. The molecule has 0 aliphatic rings. The van der Waals surface area contributed by atoms with Crippen LogP contribution in [0.3, 0.4) is 0 Å². The predicted molar refractivity (Wildman–Crippen MR) is 89.5 cm³/mol. The van der Waals surface area contributed by atoms with Gasteiger partial charge in [0.2, 0.25) is 0 Å². The van der Waals surface area contributed by atoms with Crippen molar-refractivity contribution in [2.75, 3.05) is 7.11 Å². The van der Waals surface area contributed by atoms with Crippen molar-refractivity contribution in [3.05, 3.63) is 41.7 Å². The third-order valence-electron chi connectivity index (χ3n) is 3.17. The molecule has 3 nitrogen and oxygen atoms in total. The molecule has 0 radical (unpaired) electrons. The summed E-state index contributed by atoms with van der Waals surface area (Å²) in [5.41, 5.74) is 3.97. The zero-order chi connectivity index (χ0) is 13.7. The summed E-state index contributed by atoms with van der Waals surface area (Å²) in [5.74, 6) is 1.53. The Morgan fingerprint density at radius 3 is 2.63 bits per heavy atom. The number of ether oxygens (including phenoxy) is 1. The van der Waals surface area contributed by atoms with Crippen molar-refractivity contribution >= 4 is 27.4 Å². The van der Waals surface area contributed by atoms with Gasteiger partial charge in [-0.3, -0.25) is 0 Å². The molecule has 0 aliphatic heterocycles. The molecule has 1 heterocycles. The molecule has 0 aliphatic carbocycles. The van der Waals surface area contributed by atoms with Crippen molar-refractivity contribution in [3.63, 3.8) is 0 Å². The smallest absolute Gasteiger partial charge is 0.159 e. The van der Waals surface area contributed by atoms with Gasteiger partial charge in [-0.25, -0.2) is 9.97 Å². The number of hydrogen-bond acceptors (Lipinski definition) is 3. The van der Waals surface area contributed by atoms with Crippen LogP contribution >= 0.6 is 0 Å². The van der Waals surface area contributed by atoms with E-state index in [1.165, 1.54) is 32.5 Å². The first-order valence-corrected chi connectivity index (χ1v) is 17.4. The lowest BCUT2D eigenvalue weighted by Gasteiger charge is -2.09. The van der Waals surface area contributed by atoms with Crippen molar-refractivity contribution in [1.29, 1.82) is 0 Å². The van der Waals surface area contributed by atoms with E-state index < -0.39 is 0 Å². The molecule has 0 amide bonds. The lowest BCUT2D eigenvalue weighted by Crippen LogP contribution is -2.08. The Labute approximate surface area is 121 Å². The molecule has 1 aromatic heterocycles. The molecule has 0 saturated carbocycles. The average Bonchev–Trinajstić information content (AvgIpc) is 2.45. The summed E-state index contributed by atoms with van der Waals surface area (Å²) in [5, 5.41) is 0. The maximum Gasteiger partial charge on any atom is 0.159 e. The molecular formula is C13H20N2OSi3. The normalized spacial score (nSPS) is 11.9. The van der Waals surface area contributed by atoms with Crippen LogP contribution < -0.4 is 4.74 Å². The molecule has 2 rings (SSSR count). The molecule has 0 spiro atoms. The van der Waals surface area contributed by atoms with Gasteiger partial charge in [-0.05, 0) is 36.8 Å². The highest BCUT2D eigenvalue weighted by Gasteiger charge is 2.08. The van der Waals surface area contributed by atoms with Crippen molar-refractivity contribution in [3.8, 4) is 17.1 Å². The molecule has 0 fully saturated rings. The van der Waals surface area contributed by atoms with E-state index in [0.717, 1.165) is 5.82 Å². The van der Waals surface area contributed by atoms with Gasteiger partial charge in [0.1, 0.15) is 0 Å². The fourth-order valence-electron chi connectivity index (χ4n) is 2.08. The second-order valence-electron chi connectivity index (χ2n) is 4.71. The van der Waals surface area contributed by atoms with Crippen LogP contribution in [0.4, 0.5) is 0 Å². The van der Waals surface area contributed by atoms with Crippen LogP contribution in [0.5, 0.6) is 5.75 Å². The van der Waals surface area contributed by atoms with Crippen LogP contribution in [-0.2, 0) is 6.04 Å². The van der Waals surface area contributed by atoms with Gasteiger partial charge in [0.05, 0.1) is 19.5 Å². The summed E-state index contributed by atoms with van der Waals surface area (Å²) in [7, 11) is 3.66. The monoisotopic (exact) mass is 304 g/mol. The van der Waals surface area contributed by atoms with E-state index in [1.54, 1.807) is 19.5 Å². The topological polar surface area (TPSA) is 35.0 Å². The highest BCUT2D eigenvalue weighted by atomic mass is 29.5. The molecule has 0 unspecified atom stereocenters. The van der Waals surface area contributed by atoms with Crippen LogP contribution in [-0.4, -0.2) is 44.4 Å². The van der Waals surface area contributed by atoms with E-state index in [0.29, 0.717) is 14.3 Å². The molecule has 1 aromatic carbocycles. The third-order valence-corrected chi connectivity index (χ3v) is 14.3. The summed E-state index contributed by atoms with van der Waals surface area (Å²) < 4.78 is 5.11. The Balaban J connectivity index is 2.36. The minimum Gasteiger partial charge on any atom is -0.494 e. The number of aryl methyl sites for hydroxylation is 1. The van der Waals surface area contributed by atoms with Crippen molar-refractivity contribution < 1.29 is 4.74 Å². The first kappa shape index (κ1) is 14.2. The predicted octanol–water partition coefficient (Wildman–Crippen LogP) is -0.506. The zero-order valence-electron chi connectivity index (χ0n) is 11.8. The Bertz CT molecular complexity index is 546. The Kier molecular flexibility index (Phi) is 5.06. The maximum absolute atomic E-state index is 5.11. The third kappa shape index (κ3) is 3.62. The Morgan fingerprint density at radius 1 is 1.26 bits per heavy atom. The Morgan fingerprint density at radius 2 is 2.00 bits per heavy atom. The second-order valence-corrected chi connectivity index (χ2v) is 21.0. The first-order chi connectivity index (χ1) is 9.24. The molecule has 2 aromatic rings. The lowest BCUT2D eigenvalue weighted by molar-refractivity contribution is 0.411.